The highest BCUT2D eigenvalue weighted by atomic mass is 35.5. The first-order valence-corrected chi connectivity index (χ1v) is 9.50. The molecule has 0 unspecified atom stereocenters. The van der Waals surface area contributed by atoms with E-state index in [2.05, 4.69) is 5.32 Å². The number of piperidine rings is 1. The fourth-order valence-electron chi connectivity index (χ4n) is 4.36. The molecule has 7 heteroatoms. The molecule has 0 aromatic heterocycles. The van der Waals surface area contributed by atoms with E-state index in [4.69, 9.17) is 4.74 Å². The Hall–Kier alpha value is -0.850. The van der Waals surface area contributed by atoms with Crippen LogP contribution in [0.1, 0.15) is 44.9 Å². The summed E-state index contributed by atoms with van der Waals surface area (Å²) in [7, 11) is 1.64. The second-order valence-electron chi connectivity index (χ2n) is 7.40. The van der Waals surface area contributed by atoms with E-state index in [-0.39, 0.29) is 24.2 Å². The summed E-state index contributed by atoms with van der Waals surface area (Å²) in [5, 5.41) is 3.29. The molecular weight excluding hydrogens is 342 g/mol. The number of amides is 2. The zero-order chi connectivity index (χ0) is 17.0. The molecule has 3 rings (SSSR count). The predicted octanol–water partition coefficient (Wildman–Crippen LogP) is 1.43. The number of nitrogens with zero attached hydrogens (tertiary/aromatic N) is 2. The third-order valence-corrected chi connectivity index (χ3v) is 6.02. The molecule has 6 nitrogen and oxygen atoms in total. The van der Waals surface area contributed by atoms with Crippen molar-refractivity contribution >= 4 is 24.2 Å². The molecule has 0 aromatic carbocycles. The van der Waals surface area contributed by atoms with Crippen LogP contribution in [0.5, 0.6) is 0 Å². The summed E-state index contributed by atoms with van der Waals surface area (Å²) in [5.74, 6) is 0.636. The Balaban J connectivity index is 0.00000225. The van der Waals surface area contributed by atoms with Gasteiger partial charge in [0.2, 0.25) is 5.91 Å². The number of carbonyl (C=O) groups is 2. The highest BCUT2D eigenvalue weighted by molar-refractivity contribution is 5.86. The number of rotatable bonds is 3. The van der Waals surface area contributed by atoms with Gasteiger partial charge in [0.15, 0.2) is 0 Å². The quantitative estimate of drug-likeness (QED) is 0.812. The fourth-order valence-corrected chi connectivity index (χ4v) is 4.36. The van der Waals surface area contributed by atoms with Crippen LogP contribution >= 0.6 is 12.4 Å². The molecule has 2 heterocycles. The lowest BCUT2D eigenvalue weighted by Crippen LogP contribution is -2.60. The zero-order valence-electron chi connectivity index (χ0n) is 15.3. The van der Waals surface area contributed by atoms with E-state index >= 15 is 0 Å². The number of nitrogens with one attached hydrogen (secondary N) is 1. The molecule has 0 aromatic rings. The van der Waals surface area contributed by atoms with Gasteiger partial charge in [-0.25, -0.2) is 0 Å². The summed E-state index contributed by atoms with van der Waals surface area (Å²) in [6, 6.07) is 0. The highest BCUT2D eigenvalue weighted by Crippen LogP contribution is 2.28. The van der Waals surface area contributed by atoms with Crippen molar-refractivity contribution in [3.63, 3.8) is 0 Å². The Morgan fingerprint density at radius 3 is 2.08 bits per heavy atom. The number of halogens is 1. The average Bonchev–Trinajstić information content (AvgIpc) is 2.68. The number of hydrogen-bond acceptors (Lipinski definition) is 4. The minimum absolute atomic E-state index is 0. The number of piperazine rings is 1. The zero-order valence-corrected chi connectivity index (χ0v) is 16.1. The van der Waals surface area contributed by atoms with E-state index in [0.717, 1.165) is 38.8 Å². The van der Waals surface area contributed by atoms with Gasteiger partial charge in [-0.2, -0.15) is 0 Å². The number of carbonyl (C=O) groups excluding carboxylic acids is 2. The number of ether oxygens (including phenoxy) is 1. The molecule has 2 saturated heterocycles. The molecule has 0 atom stereocenters. The van der Waals surface area contributed by atoms with Gasteiger partial charge >= 0.3 is 0 Å². The van der Waals surface area contributed by atoms with Crippen molar-refractivity contribution < 1.29 is 14.3 Å². The van der Waals surface area contributed by atoms with Gasteiger partial charge in [0.05, 0.1) is 0 Å². The topological polar surface area (TPSA) is 61.9 Å². The first-order chi connectivity index (χ1) is 11.7. The Morgan fingerprint density at radius 2 is 1.52 bits per heavy atom. The molecule has 25 heavy (non-hydrogen) atoms. The second kappa shape index (κ2) is 9.19. The van der Waals surface area contributed by atoms with Gasteiger partial charge in [0, 0.05) is 39.2 Å². The number of methoxy groups -OCH3 is 1. The van der Waals surface area contributed by atoms with Gasteiger partial charge in [-0.15, -0.1) is 12.4 Å². The normalized spacial score (nSPS) is 24.5. The van der Waals surface area contributed by atoms with Crippen molar-refractivity contribution in [1.29, 1.82) is 0 Å². The van der Waals surface area contributed by atoms with Gasteiger partial charge in [-0.05, 0) is 38.8 Å². The van der Waals surface area contributed by atoms with Gasteiger partial charge in [0.25, 0.3) is 5.91 Å². The van der Waals surface area contributed by atoms with Gasteiger partial charge in [-0.3, -0.25) is 9.59 Å². The standard InChI is InChI=1S/C18H31N3O3.ClH/c1-24-18(7-9-19-10-8-18)17(23)21-13-11-20(12-14-21)16(22)15-5-3-2-4-6-15;/h15,19H,2-14H2,1H3;1H. The Labute approximate surface area is 157 Å². The summed E-state index contributed by atoms with van der Waals surface area (Å²) in [6.45, 7) is 4.24. The summed E-state index contributed by atoms with van der Waals surface area (Å²) in [6.07, 6.45) is 7.15. The van der Waals surface area contributed by atoms with Gasteiger partial charge < -0.3 is 19.9 Å². The van der Waals surface area contributed by atoms with Crippen molar-refractivity contribution in [1.82, 2.24) is 15.1 Å². The van der Waals surface area contributed by atoms with E-state index in [1.807, 2.05) is 9.80 Å². The molecule has 1 saturated carbocycles. The van der Waals surface area contributed by atoms with E-state index in [9.17, 15) is 9.59 Å². The maximum atomic E-state index is 13.0. The Morgan fingerprint density at radius 1 is 0.960 bits per heavy atom. The van der Waals surface area contributed by atoms with Crippen molar-refractivity contribution in [2.45, 2.75) is 50.5 Å². The largest absolute Gasteiger partial charge is 0.368 e. The van der Waals surface area contributed by atoms with E-state index in [0.29, 0.717) is 32.1 Å². The van der Waals surface area contributed by atoms with Crippen LogP contribution in [0, 0.1) is 5.92 Å². The third-order valence-electron chi connectivity index (χ3n) is 6.02. The molecule has 2 aliphatic heterocycles. The summed E-state index contributed by atoms with van der Waals surface area (Å²) in [5.41, 5.74) is -0.666. The third kappa shape index (κ3) is 4.47. The number of hydrogen-bond donors (Lipinski definition) is 1. The van der Waals surface area contributed by atoms with Crippen LogP contribution in [-0.4, -0.2) is 73.6 Å². The lowest BCUT2D eigenvalue weighted by atomic mass is 9.88. The summed E-state index contributed by atoms with van der Waals surface area (Å²) < 4.78 is 5.65. The van der Waals surface area contributed by atoms with Crippen LogP contribution in [-0.2, 0) is 14.3 Å². The van der Waals surface area contributed by atoms with Crippen molar-refractivity contribution in [3.05, 3.63) is 0 Å². The van der Waals surface area contributed by atoms with Crippen LogP contribution in [0.3, 0.4) is 0 Å². The molecule has 1 aliphatic carbocycles. The van der Waals surface area contributed by atoms with Crippen molar-refractivity contribution in [2.75, 3.05) is 46.4 Å². The molecule has 0 radical (unpaired) electrons. The Bertz CT molecular complexity index is 454. The summed E-state index contributed by atoms with van der Waals surface area (Å²) >= 11 is 0. The smallest absolute Gasteiger partial charge is 0.255 e. The molecule has 3 fully saturated rings. The Kier molecular flexibility index (Phi) is 7.52. The maximum absolute atomic E-state index is 13.0. The molecule has 0 spiro atoms. The first-order valence-electron chi connectivity index (χ1n) is 9.50. The van der Waals surface area contributed by atoms with Crippen LogP contribution in [0.2, 0.25) is 0 Å². The van der Waals surface area contributed by atoms with E-state index < -0.39 is 5.60 Å². The maximum Gasteiger partial charge on any atom is 0.255 e. The molecule has 2 amide bonds. The second-order valence-corrected chi connectivity index (χ2v) is 7.40. The van der Waals surface area contributed by atoms with Crippen LogP contribution in [0.25, 0.3) is 0 Å². The molecule has 0 bridgehead atoms. The highest BCUT2D eigenvalue weighted by Gasteiger charge is 2.43. The van der Waals surface area contributed by atoms with Gasteiger partial charge in [0.1, 0.15) is 5.60 Å². The molecule has 3 aliphatic rings. The minimum atomic E-state index is -0.666. The molecular formula is C18H32ClN3O3. The molecule has 144 valence electrons. The van der Waals surface area contributed by atoms with Crippen LogP contribution in [0.15, 0.2) is 0 Å². The minimum Gasteiger partial charge on any atom is -0.368 e. The van der Waals surface area contributed by atoms with Crippen molar-refractivity contribution in [2.24, 2.45) is 5.92 Å². The molecule has 1 N–H and O–H groups in total. The fraction of sp³-hybridized carbons (Fsp3) is 0.889. The first kappa shape index (κ1) is 20.5. The van der Waals surface area contributed by atoms with E-state index in [1.54, 1.807) is 7.11 Å². The predicted molar refractivity (Wildman–Crippen MR) is 98.8 cm³/mol. The SMILES string of the molecule is COC1(C(=O)N2CCN(C(=O)C3CCCCC3)CC2)CCNCC1.Cl. The lowest BCUT2D eigenvalue weighted by Gasteiger charge is -2.42. The van der Waals surface area contributed by atoms with Crippen LogP contribution < -0.4 is 5.32 Å². The van der Waals surface area contributed by atoms with Crippen molar-refractivity contribution in [3.8, 4) is 0 Å². The van der Waals surface area contributed by atoms with E-state index in [1.165, 1.54) is 19.3 Å². The monoisotopic (exact) mass is 373 g/mol. The summed E-state index contributed by atoms with van der Waals surface area (Å²) in [4.78, 5) is 29.5. The lowest BCUT2D eigenvalue weighted by molar-refractivity contribution is -0.161. The average molecular weight is 374 g/mol. The van der Waals surface area contributed by atoms with Crippen LogP contribution in [0.4, 0.5) is 0 Å². The van der Waals surface area contributed by atoms with Gasteiger partial charge in [-0.1, -0.05) is 19.3 Å².